The fourth-order valence-electron chi connectivity index (χ4n) is 2.62. The van der Waals surface area contributed by atoms with Crippen LogP contribution in [-0.2, 0) is 6.54 Å². The molecule has 1 N–H and O–H groups in total. The van der Waals surface area contributed by atoms with Crippen molar-refractivity contribution < 1.29 is 0 Å². The van der Waals surface area contributed by atoms with Gasteiger partial charge >= 0.3 is 0 Å². The van der Waals surface area contributed by atoms with E-state index in [1.807, 2.05) is 0 Å². The summed E-state index contributed by atoms with van der Waals surface area (Å²) < 4.78 is 0. The summed E-state index contributed by atoms with van der Waals surface area (Å²) >= 11 is 0. The molecular formula is C18H31N3. The van der Waals surface area contributed by atoms with Gasteiger partial charge in [-0.2, -0.15) is 0 Å². The minimum Gasteiger partial charge on any atom is -0.354 e. The Labute approximate surface area is 130 Å². The molecule has 1 saturated carbocycles. The molecule has 0 aromatic carbocycles. The zero-order chi connectivity index (χ0) is 15.2. The number of hydrogen-bond donors (Lipinski definition) is 1. The topological polar surface area (TPSA) is 28.2 Å². The quantitative estimate of drug-likeness (QED) is 0.747. The number of nitrogens with one attached hydrogen (secondary N) is 1. The standard InChI is InChI=1S/C18H31N3/c1-5-6-11-21(17-8-9-17)18-10-7-16(15(4)20-18)13-19-12-14(2)3/h7,10,14,17,19H,5-6,8-9,11-13H2,1-4H3. The van der Waals surface area contributed by atoms with E-state index in [1.165, 1.54) is 42.8 Å². The number of rotatable bonds is 9. The second-order valence-corrected chi connectivity index (χ2v) is 6.72. The zero-order valence-corrected chi connectivity index (χ0v) is 14.2. The molecule has 0 atom stereocenters. The molecule has 0 aliphatic heterocycles. The molecule has 0 radical (unpaired) electrons. The molecule has 1 aliphatic carbocycles. The van der Waals surface area contributed by atoms with Gasteiger partial charge < -0.3 is 10.2 Å². The van der Waals surface area contributed by atoms with Crippen LogP contribution in [0, 0.1) is 12.8 Å². The third kappa shape index (κ3) is 4.99. The van der Waals surface area contributed by atoms with Crippen molar-refractivity contribution >= 4 is 5.82 Å². The predicted octanol–water partition coefficient (Wildman–Crippen LogP) is 3.90. The van der Waals surface area contributed by atoms with Gasteiger partial charge in [0.05, 0.1) is 0 Å². The lowest BCUT2D eigenvalue weighted by Gasteiger charge is -2.24. The van der Waals surface area contributed by atoms with Crippen molar-refractivity contribution in [1.82, 2.24) is 10.3 Å². The molecule has 1 aliphatic rings. The summed E-state index contributed by atoms with van der Waals surface area (Å²) in [7, 11) is 0. The van der Waals surface area contributed by atoms with Crippen molar-refractivity contribution in [3.05, 3.63) is 23.4 Å². The van der Waals surface area contributed by atoms with Crippen LogP contribution in [0.1, 0.15) is 57.7 Å². The second-order valence-electron chi connectivity index (χ2n) is 6.72. The van der Waals surface area contributed by atoms with E-state index in [0.717, 1.165) is 25.7 Å². The summed E-state index contributed by atoms with van der Waals surface area (Å²) in [6, 6.07) is 5.22. The van der Waals surface area contributed by atoms with Crippen molar-refractivity contribution in [2.75, 3.05) is 18.0 Å². The van der Waals surface area contributed by atoms with E-state index in [2.05, 4.69) is 50.0 Å². The van der Waals surface area contributed by atoms with Crippen LogP contribution >= 0.6 is 0 Å². The summed E-state index contributed by atoms with van der Waals surface area (Å²) in [5, 5.41) is 3.51. The molecule has 1 heterocycles. The van der Waals surface area contributed by atoms with E-state index in [0.29, 0.717) is 5.92 Å². The van der Waals surface area contributed by atoms with E-state index >= 15 is 0 Å². The van der Waals surface area contributed by atoms with Crippen molar-refractivity contribution in [3.63, 3.8) is 0 Å². The number of unbranched alkanes of at least 4 members (excludes halogenated alkanes) is 1. The lowest BCUT2D eigenvalue weighted by Crippen LogP contribution is -2.28. The SMILES string of the molecule is CCCCN(c1ccc(CNCC(C)C)c(C)n1)C1CC1. The van der Waals surface area contributed by atoms with Gasteiger partial charge in [-0.15, -0.1) is 0 Å². The highest BCUT2D eigenvalue weighted by Crippen LogP contribution is 2.31. The van der Waals surface area contributed by atoms with Gasteiger partial charge in [-0.1, -0.05) is 33.3 Å². The Balaban J connectivity index is 1.99. The van der Waals surface area contributed by atoms with E-state index in [9.17, 15) is 0 Å². The highest BCUT2D eigenvalue weighted by atomic mass is 15.2. The molecule has 21 heavy (non-hydrogen) atoms. The monoisotopic (exact) mass is 289 g/mol. The van der Waals surface area contributed by atoms with E-state index in [4.69, 9.17) is 4.98 Å². The number of pyridine rings is 1. The highest BCUT2D eigenvalue weighted by Gasteiger charge is 2.29. The predicted molar refractivity (Wildman–Crippen MR) is 90.8 cm³/mol. The van der Waals surface area contributed by atoms with E-state index in [-0.39, 0.29) is 0 Å². The van der Waals surface area contributed by atoms with Crippen LogP contribution in [-0.4, -0.2) is 24.1 Å². The van der Waals surface area contributed by atoms with Gasteiger partial charge in [-0.25, -0.2) is 4.98 Å². The third-order valence-electron chi connectivity index (χ3n) is 4.08. The van der Waals surface area contributed by atoms with Gasteiger partial charge in [0.2, 0.25) is 0 Å². The molecule has 0 unspecified atom stereocenters. The molecule has 3 heteroatoms. The van der Waals surface area contributed by atoms with Crippen LogP contribution < -0.4 is 10.2 Å². The Bertz CT molecular complexity index is 438. The number of hydrogen-bond acceptors (Lipinski definition) is 3. The van der Waals surface area contributed by atoms with Crippen LogP contribution in [0.4, 0.5) is 5.82 Å². The van der Waals surface area contributed by atoms with Gasteiger partial charge in [0.25, 0.3) is 0 Å². The summed E-state index contributed by atoms with van der Waals surface area (Å²) in [4.78, 5) is 7.39. The lowest BCUT2D eigenvalue weighted by atomic mass is 10.1. The lowest BCUT2D eigenvalue weighted by molar-refractivity contribution is 0.551. The molecule has 0 saturated heterocycles. The third-order valence-corrected chi connectivity index (χ3v) is 4.08. The van der Waals surface area contributed by atoms with Crippen LogP contribution in [0.25, 0.3) is 0 Å². The number of aromatic nitrogens is 1. The fraction of sp³-hybridized carbons (Fsp3) is 0.722. The molecule has 0 bridgehead atoms. The Hall–Kier alpha value is -1.09. The maximum absolute atomic E-state index is 4.87. The second kappa shape index (κ2) is 7.79. The van der Waals surface area contributed by atoms with Crippen LogP contribution in [0.3, 0.4) is 0 Å². The maximum Gasteiger partial charge on any atom is 0.129 e. The van der Waals surface area contributed by atoms with Gasteiger partial charge in [0.1, 0.15) is 5.82 Å². The molecule has 0 amide bonds. The van der Waals surface area contributed by atoms with Gasteiger partial charge in [0, 0.05) is 24.8 Å². The highest BCUT2D eigenvalue weighted by molar-refractivity contribution is 5.44. The average Bonchev–Trinajstić information content (AvgIpc) is 3.26. The minimum absolute atomic E-state index is 0.692. The summed E-state index contributed by atoms with van der Waals surface area (Å²) in [5.41, 5.74) is 2.50. The smallest absolute Gasteiger partial charge is 0.129 e. The first kappa shape index (κ1) is 16.3. The van der Waals surface area contributed by atoms with Crippen molar-refractivity contribution in [2.45, 2.75) is 66.0 Å². The molecular weight excluding hydrogens is 258 g/mol. The Morgan fingerprint density at radius 3 is 2.67 bits per heavy atom. The molecule has 0 spiro atoms. The minimum atomic E-state index is 0.692. The molecule has 2 rings (SSSR count). The van der Waals surface area contributed by atoms with Gasteiger partial charge in [0.15, 0.2) is 0 Å². The molecule has 118 valence electrons. The van der Waals surface area contributed by atoms with Crippen LogP contribution in [0.2, 0.25) is 0 Å². The summed E-state index contributed by atoms with van der Waals surface area (Å²) in [6.07, 6.45) is 5.18. The molecule has 3 nitrogen and oxygen atoms in total. The number of anilines is 1. The normalized spacial score (nSPS) is 14.7. The first-order valence-electron chi connectivity index (χ1n) is 8.55. The summed E-state index contributed by atoms with van der Waals surface area (Å²) in [6.45, 7) is 12.0. The van der Waals surface area contributed by atoms with Gasteiger partial charge in [-0.3, -0.25) is 0 Å². The van der Waals surface area contributed by atoms with Crippen molar-refractivity contribution in [2.24, 2.45) is 5.92 Å². The zero-order valence-electron chi connectivity index (χ0n) is 14.2. The Kier molecular flexibility index (Phi) is 6.04. The van der Waals surface area contributed by atoms with Crippen molar-refractivity contribution in [1.29, 1.82) is 0 Å². The van der Waals surface area contributed by atoms with E-state index < -0.39 is 0 Å². The average molecular weight is 289 g/mol. The first-order valence-corrected chi connectivity index (χ1v) is 8.55. The number of nitrogens with zero attached hydrogens (tertiary/aromatic N) is 2. The molecule has 1 fully saturated rings. The van der Waals surface area contributed by atoms with E-state index in [1.54, 1.807) is 0 Å². The molecule has 1 aromatic heterocycles. The largest absolute Gasteiger partial charge is 0.354 e. The number of aryl methyl sites for hydroxylation is 1. The summed E-state index contributed by atoms with van der Waals surface area (Å²) in [5.74, 6) is 1.87. The Morgan fingerprint density at radius 2 is 2.10 bits per heavy atom. The van der Waals surface area contributed by atoms with Crippen LogP contribution in [0.5, 0.6) is 0 Å². The van der Waals surface area contributed by atoms with Gasteiger partial charge in [-0.05, 0) is 50.3 Å². The molecule has 1 aromatic rings. The van der Waals surface area contributed by atoms with Crippen LogP contribution in [0.15, 0.2) is 12.1 Å². The maximum atomic E-state index is 4.87. The van der Waals surface area contributed by atoms with Crippen molar-refractivity contribution in [3.8, 4) is 0 Å². The first-order chi connectivity index (χ1) is 10.1. The Morgan fingerprint density at radius 1 is 1.33 bits per heavy atom. The fourth-order valence-corrected chi connectivity index (χ4v) is 2.62.